The SMILES string of the molecule is CC/C=C\C/C=C\C/C=C\C/C=C\C/C=C\CCCCCC(=O)OCC(COCCCC/C=C\C/C=C\C/C=C\C/C=C\C/C=C\CC)OC(=O)CCCCCCC/C=C\CCCC. The summed E-state index contributed by atoms with van der Waals surface area (Å²) in [7, 11) is 0. The zero-order valence-electron chi connectivity index (χ0n) is 41.2. The maximum absolute atomic E-state index is 12.8. The molecule has 0 aliphatic heterocycles. The topological polar surface area (TPSA) is 61.8 Å². The third-order valence-electron chi connectivity index (χ3n) is 10.2. The van der Waals surface area contributed by atoms with Crippen molar-refractivity contribution in [3.63, 3.8) is 0 Å². The van der Waals surface area contributed by atoms with E-state index in [-0.39, 0.29) is 25.2 Å². The number of carbonyl (C=O) groups excluding carboxylic acids is 2. The summed E-state index contributed by atoms with van der Waals surface area (Å²) >= 11 is 0. The van der Waals surface area contributed by atoms with E-state index in [1.54, 1.807) is 0 Å². The standard InChI is InChI=1S/C59H94O5/c1-4-7-10-13-16-19-22-24-26-28-30-31-33-35-38-40-43-46-49-52-58(60)63-56-57(64-59(61)53-50-47-44-41-37-21-18-15-12-9-6-3)55-62-54-51-48-45-42-39-36-34-32-29-27-25-23-20-17-14-11-8-5-2/h7-8,10-11,15-20,24-27,30-32,34-35,38-39,42,57H,4-6,9,12-14,21-23,28-29,33,36-37,40-41,43-56H2,1-3H3/b10-7-,11-8-,18-15-,19-16-,20-17-,26-24-,27-25-,31-30-,34-32-,38-35-,42-39-. The Kier molecular flexibility index (Phi) is 50.1. The molecule has 0 aliphatic carbocycles. The van der Waals surface area contributed by atoms with Crippen molar-refractivity contribution in [3.05, 3.63) is 134 Å². The molecule has 1 atom stereocenters. The molecule has 0 bridgehead atoms. The van der Waals surface area contributed by atoms with E-state index in [1.165, 1.54) is 32.1 Å². The Balaban J connectivity index is 4.42. The molecule has 360 valence electrons. The zero-order chi connectivity index (χ0) is 46.3. The molecule has 64 heavy (non-hydrogen) atoms. The van der Waals surface area contributed by atoms with Crippen LogP contribution in [0.1, 0.15) is 201 Å². The average molecular weight is 883 g/mol. The first kappa shape index (κ1) is 60.0. The second kappa shape index (κ2) is 53.4. The van der Waals surface area contributed by atoms with E-state index in [0.29, 0.717) is 19.4 Å². The minimum absolute atomic E-state index is 0.0381. The number of carbonyl (C=O) groups is 2. The lowest BCUT2D eigenvalue weighted by Crippen LogP contribution is -2.30. The molecule has 0 heterocycles. The maximum Gasteiger partial charge on any atom is 0.306 e. The predicted molar refractivity (Wildman–Crippen MR) is 278 cm³/mol. The van der Waals surface area contributed by atoms with Gasteiger partial charge in [0.2, 0.25) is 0 Å². The molecule has 0 aromatic carbocycles. The maximum atomic E-state index is 12.8. The molecule has 0 fully saturated rings. The highest BCUT2D eigenvalue weighted by atomic mass is 16.6. The predicted octanol–water partition coefficient (Wildman–Crippen LogP) is 17.6. The van der Waals surface area contributed by atoms with Gasteiger partial charge in [-0.2, -0.15) is 0 Å². The van der Waals surface area contributed by atoms with Crippen LogP contribution in [0.5, 0.6) is 0 Å². The molecule has 0 amide bonds. The highest BCUT2D eigenvalue weighted by Crippen LogP contribution is 2.11. The van der Waals surface area contributed by atoms with Crippen LogP contribution in [-0.2, 0) is 23.8 Å². The van der Waals surface area contributed by atoms with Gasteiger partial charge in [0.15, 0.2) is 6.10 Å². The van der Waals surface area contributed by atoms with Gasteiger partial charge in [-0.25, -0.2) is 0 Å². The first-order chi connectivity index (χ1) is 31.6. The van der Waals surface area contributed by atoms with Crippen LogP contribution >= 0.6 is 0 Å². The number of unbranched alkanes of at least 4 members (excludes halogenated alkanes) is 12. The molecule has 1 unspecified atom stereocenters. The van der Waals surface area contributed by atoms with Crippen LogP contribution in [0.3, 0.4) is 0 Å². The highest BCUT2D eigenvalue weighted by Gasteiger charge is 2.17. The van der Waals surface area contributed by atoms with Gasteiger partial charge in [-0.05, 0) is 128 Å². The van der Waals surface area contributed by atoms with Crippen molar-refractivity contribution in [2.75, 3.05) is 19.8 Å². The van der Waals surface area contributed by atoms with Crippen LogP contribution in [0.2, 0.25) is 0 Å². The van der Waals surface area contributed by atoms with E-state index in [2.05, 4.69) is 154 Å². The molecule has 0 aromatic rings. The molecule has 0 rings (SSSR count). The van der Waals surface area contributed by atoms with Gasteiger partial charge in [0, 0.05) is 19.4 Å². The van der Waals surface area contributed by atoms with Gasteiger partial charge in [0.25, 0.3) is 0 Å². The van der Waals surface area contributed by atoms with E-state index in [4.69, 9.17) is 14.2 Å². The fraction of sp³-hybridized carbons (Fsp3) is 0.593. The van der Waals surface area contributed by atoms with E-state index in [0.717, 1.165) is 135 Å². The van der Waals surface area contributed by atoms with Crippen molar-refractivity contribution in [1.29, 1.82) is 0 Å². The second-order valence-corrected chi connectivity index (χ2v) is 16.3. The summed E-state index contributed by atoms with van der Waals surface area (Å²) < 4.78 is 17.3. The van der Waals surface area contributed by atoms with Crippen molar-refractivity contribution in [1.82, 2.24) is 0 Å². The summed E-state index contributed by atoms with van der Waals surface area (Å²) in [4.78, 5) is 25.4. The molecule has 0 aromatic heterocycles. The molecule has 0 aliphatic rings. The lowest BCUT2D eigenvalue weighted by atomic mass is 10.1. The van der Waals surface area contributed by atoms with Crippen LogP contribution in [-0.4, -0.2) is 37.9 Å². The van der Waals surface area contributed by atoms with E-state index >= 15 is 0 Å². The van der Waals surface area contributed by atoms with E-state index in [1.807, 2.05) is 0 Å². The summed E-state index contributed by atoms with van der Waals surface area (Å²) in [6.07, 6.45) is 76.1. The molecule has 5 heteroatoms. The number of hydrogen-bond donors (Lipinski definition) is 0. The molecular formula is C59H94O5. The summed E-state index contributed by atoms with van der Waals surface area (Å²) in [6.45, 7) is 7.39. The molecule has 0 saturated carbocycles. The van der Waals surface area contributed by atoms with Gasteiger partial charge in [0.1, 0.15) is 6.61 Å². The Morgan fingerprint density at radius 2 is 0.703 bits per heavy atom. The van der Waals surface area contributed by atoms with Crippen LogP contribution in [0.15, 0.2) is 134 Å². The third kappa shape index (κ3) is 50.7. The largest absolute Gasteiger partial charge is 0.462 e. The summed E-state index contributed by atoms with van der Waals surface area (Å²) in [5.41, 5.74) is 0. The van der Waals surface area contributed by atoms with Gasteiger partial charge in [-0.3, -0.25) is 9.59 Å². The fourth-order valence-electron chi connectivity index (χ4n) is 6.37. The zero-order valence-corrected chi connectivity index (χ0v) is 41.2. The van der Waals surface area contributed by atoms with Crippen molar-refractivity contribution in [2.24, 2.45) is 0 Å². The van der Waals surface area contributed by atoms with Crippen LogP contribution in [0, 0.1) is 0 Å². The summed E-state index contributed by atoms with van der Waals surface area (Å²) in [6, 6.07) is 0. The van der Waals surface area contributed by atoms with Crippen molar-refractivity contribution >= 4 is 11.9 Å². The minimum atomic E-state index is -0.586. The molecule has 0 N–H and O–H groups in total. The van der Waals surface area contributed by atoms with Crippen molar-refractivity contribution < 1.29 is 23.8 Å². The van der Waals surface area contributed by atoms with Crippen LogP contribution in [0.4, 0.5) is 0 Å². The van der Waals surface area contributed by atoms with Gasteiger partial charge in [0.05, 0.1) is 6.61 Å². The first-order valence-electron chi connectivity index (χ1n) is 25.7. The molecule has 5 nitrogen and oxygen atoms in total. The summed E-state index contributed by atoms with van der Waals surface area (Å²) in [5, 5.41) is 0. The van der Waals surface area contributed by atoms with Crippen molar-refractivity contribution in [3.8, 4) is 0 Å². The Bertz CT molecular complexity index is 1370. The van der Waals surface area contributed by atoms with Crippen LogP contribution < -0.4 is 0 Å². The third-order valence-corrected chi connectivity index (χ3v) is 10.2. The monoisotopic (exact) mass is 883 g/mol. The Hall–Kier alpha value is -3.96. The number of hydrogen-bond acceptors (Lipinski definition) is 5. The Morgan fingerprint density at radius 3 is 1.16 bits per heavy atom. The number of allylic oxidation sites excluding steroid dienone is 22. The molecule has 0 spiro atoms. The first-order valence-corrected chi connectivity index (χ1v) is 25.7. The lowest BCUT2D eigenvalue weighted by Gasteiger charge is -2.18. The van der Waals surface area contributed by atoms with Gasteiger partial charge in [-0.15, -0.1) is 0 Å². The Morgan fingerprint density at radius 1 is 0.359 bits per heavy atom. The van der Waals surface area contributed by atoms with Gasteiger partial charge < -0.3 is 14.2 Å². The number of ether oxygens (including phenoxy) is 3. The molecule has 0 radical (unpaired) electrons. The minimum Gasteiger partial charge on any atom is -0.462 e. The average Bonchev–Trinajstić information content (AvgIpc) is 3.30. The normalized spacial score (nSPS) is 13.4. The van der Waals surface area contributed by atoms with Gasteiger partial charge >= 0.3 is 11.9 Å². The fourth-order valence-corrected chi connectivity index (χ4v) is 6.37. The quantitative estimate of drug-likeness (QED) is 0.0346. The molecule has 0 saturated heterocycles. The summed E-state index contributed by atoms with van der Waals surface area (Å²) in [5.74, 6) is -0.481. The van der Waals surface area contributed by atoms with E-state index < -0.39 is 6.10 Å². The van der Waals surface area contributed by atoms with Crippen LogP contribution in [0.25, 0.3) is 0 Å². The highest BCUT2D eigenvalue weighted by molar-refractivity contribution is 5.70. The van der Waals surface area contributed by atoms with E-state index in [9.17, 15) is 9.59 Å². The van der Waals surface area contributed by atoms with Crippen molar-refractivity contribution in [2.45, 2.75) is 207 Å². The number of rotatable bonds is 45. The Labute approximate surface area is 394 Å². The smallest absolute Gasteiger partial charge is 0.306 e. The number of esters is 2. The van der Waals surface area contributed by atoms with Gasteiger partial charge in [-0.1, -0.05) is 193 Å². The molecular weight excluding hydrogens is 789 g/mol. The lowest BCUT2D eigenvalue weighted by molar-refractivity contribution is -0.163. The second-order valence-electron chi connectivity index (χ2n) is 16.3.